The highest BCUT2D eigenvalue weighted by Crippen LogP contribution is 2.33. The molecule has 0 amide bonds. The number of aryl methyl sites for hydroxylation is 1. The van der Waals surface area contributed by atoms with Gasteiger partial charge >= 0.3 is 0 Å². The van der Waals surface area contributed by atoms with E-state index in [1.54, 1.807) is 6.92 Å². The molecular formula is C15H18N4O5S. The zero-order chi connectivity index (χ0) is 18.2. The van der Waals surface area contributed by atoms with Gasteiger partial charge in [-0.2, -0.15) is 10.2 Å². The minimum absolute atomic E-state index is 0.0390. The first-order valence-electron chi connectivity index (χ1n) is 7.61. The first-order valence-corrected chi connectivity index (χ1v) is 9.05. The highest BCUT2D eigenvalue weighted by Gasteiger charge is 2.28. The number of furan rings is 1. The van der Waals surface area contributed by atoms with Crippen molar-refractivity contribution in [1.82, 2.24) is 9.29 Å². The molecule has 0 atom stereocenters. The summed E-state index contributed by atoms with van der Waals surface area (Å²) in [4.78, 5) is 6.05. The van der Waals surface area contributed by atoms with Gasteiger partial charge in [0, 0.05) is 33.3 Å². The maximum absolute atomic E-state index is 12.3. The number of oxazole rings is 1. The van der Waals surface area contributed by atoms with Crippen molar-refractivity contribution in [3.05, 3.63) is 17.5 Å². The molecule has 3 heterocycles. The van der Waals surface area contributed by atoms with Crippen molar-refractivity contribution in [2.24, 2.45) is 0 Å². The Hall–Kier alpha value is -2.35. The number of ether oxygens (including phenoxy) is 1. The lowest BCUT2D eigenvalue weighted by molar-refractivity contribution is 0.120. The van der Waals surface area contributed by atoms with Gasteiger partial charge in [0.2, 0.25) is 21.6 Å². The maximum atomic E-state index is 12.3. The molecule has 0 bridgehead atoms. The molecule has 3 rings (SSSR count). The summed E-state index contributed by atoms with van der Waals surface area (Å²) in [6.07, 6.45) is 0. The van der Waals surface area contributed by atoms with E-state index in [1.807, 2.05) is 11.0 Å². The van der Waals surface area contributed by atoms with Crippen molar-refractivity contribution in [3.63, 3.8) is 0 Å². The molecule has 0 spiro atoms. The van der Waals surface area contributed by atoms with E-state index in [1.165, 1.54) is 20.2 Å². The van der Waals surface area contributed by atoms with Crippen LogP contribution in [0.1, 0.15) is 11.5 Å². The molecule has 0 unspecified atom stereocenters. The second-order valence-electron chi connectivity index (χ2n) is 5.70. The van der Waals surface area contributed by atoms with Crippen LogP contribution in [0.25, 0.3) is 11.7 Å². The summed E-state index contributed by atoms with van der Waals surface area (Å²) >= 11 is 0. The van der Waals surface area contributed by atoms with Crippen molar-refractivity contribution >= 4 is 15.9 Å². The molecule has 2 aromatic rings. The number of hydrogen-bond donors (Lipinski definition) is 0. The van der Waals surface area contributed by atoms with Gasteiger partial charge in [0.1, 0.15) is 16.7 Å². The standard InChI is InChI=1S/C15H18N4O5S/c1-10-13(25(20,21)18(2)3)8-12(23-10)14-17-11(9-16)15(24-14)19-4-6-22-7-5-19/h8H,4-7H2,1-3H3. The van der Waals surface area contributed by atoms with Crippen molar-refractivity contribution in [2.75, 3.05) is 45.3 Å². The largest absolute Gasteiger partial charge is 0.455 e. The normalized spacial score (nSPS) is 15.6. The van der Waals surface area contributed by atoms with Gasteiger partial charge in [-0.25, -0.2) is 12.7 Å². The van der Waals surface area contributed by atoms with Crippen molar-refractivity contribution in [1.29, 1.82) is 5.26 Å². The van der Waals surface area contributed by atoms with Crippen LogP contribution in [0.2, 0.25) is 0 Å². The highest BCUT2D eigenvalue weighted by atomic mass is 32.2. The van der Waals surface area contributed by atoms with Crippen LogP contribution < -0.4 is 4.90 Å². The minimum Gasteiger partial charge on any atom is -0.455 e. The highest BCUT2D eigenvalue weighted by molar-refractivity contribution is 7.89. The number of hydrogen-bond acceptors (Lipinski definition) is 8. The van der Waals surface area contributed by atoms with E-state index in [2.05, 4.69) is 4.98 Å². The summed E-state index contributed by atoms with van der Waals surface area (Å²) in [5.41, 5.74) is 0.128. The van der Waals surface area contributed by atoms with Gasteiger partial charge in [-0.3, -0.25) is 0 Å². The molecule has 2 aromatic heterocycles. The molecule has 1 aliphatic rings. The molecule has 10 heteroatoms. The predicted octanol–water partition coefficient (Wildman–Crippen LogP) is 1.20. The SMILES string of the molecule is Cc1oc(-c2nc(C#N)c(N3CCOCC3)o2)cc1S(=O)(=O)N(C)C. The monoisotopic (exact) mass is 366 g/mol. The fourth-order valence-electron chi connectivity index (χ4n) is 2.49. The third-order valence-corrected chi connectivity index (χ3v) is 5.78. The van der Waals surface area contributed by atoms with E-state index in [9.17, 15) is 13.7 Å². The van der Waals surface area contributed by atoms with Gasteiger partial charge in [0.25, 0.3) is 5.89 Å². The Morgan fingerprint density at radius 1 is 1.28 bits per heavy atom. The van der Waals surface area contributed by atoms with Gasteiger partial charge in [-0.05, 0) is 6.92 Å². The molecule has 0 aromatic carbocycles. The van der Waals surface area contributed by atoms with Crippen molar-refractivity contribution < 1.29 is 22.0 Å². The van der Waals surface area contributed by atoms with Crippen molar-refractivity contribution in [2.45, 2.75) is 11.8 Å². The lowest BCUT2D eigenvalue weighted by Gasteiger charge is -2.25. The van der Waals surface area contributed by atoms with Gasteiger partial charge in [-0.15, -0.1) is 0 Å². The Balaban J connectivity index is 2.01. The van der Waals surface area contributed by atoms with Crippen LogP contribution in [0.4, 0.5) is 5.88 Å². The molecule has 1 fully saturated rings. The van der Waals surface area contributed by atoms with E-state index >= 15 is 0 Å². The molecule has 0 aliphatic carbocycles. The zero-order valence-corrected chi connectivity index (χ0v) is 15.0. The second kappa shape index (κ2) is 6.51. The Morgan fingerprint density at radius 2 is 1.96 bits per heavy atom. The lowest BCUT2D eigenvalue weighted by Crippen LogP contribution is -2.36. The van der Waals surface area contributed by atoms with Gasteiger partial charge < -0.3 is 18.5 Å². The number of nitrogens with zero attached hydrogens (tertiary/aromatic N) is 4. The number of morpholine rings is 1. The third kappa shape index (κ3) is 3.13. The van der Waals surface area contributed by atoms with Crippen LogP contribution in [0.3, 0.4) is 0 Å². The summed E-state index contributed by atoms with van der Waals surface area (Å²) in [5, 5.41) is 9.31. The smallest absolute Gasteiger partial charge is 0.266 e. The van der Waals surface area contributed by atoms with Crippen LogP contribution in [-0.4, -0.2) is 58.1 Å². The Labute approximate surface area is 145 Å². The van der Waals surface area contributed by atoms with E-state index < -0.39 is 10.0 Å². The minimum atomic E-state index is -3.65. The van der Waals surface area contributed by atoms with E-state index in [4.69, 9.17) is 13.6 Å². The van der Waals surface area contributed by atoms with E-state index in [0.29, 0.717) is 32.2 Å². The van der Waals surface area contributed by atoms with Crippen LogP contribution in [-0.2, 0) is 14.8 Å². The van der Waals surface area contributed by atoms with Crippen LogP contribution in [0, 0.1) is 18.3 Å². The van der Waals surface area contributed by atoms with Crippen molar-refractivity contribution in [3.8, 4) is 17.7 Å². The Kier molecular flexibility index (Phi) is 4.55. The number of sulfonamides is 1. The molecule has 1 aliphatic heterocycles. The quantitative estimate of drug-likeness (QED) is 0.793. The van der Waals surface area contributed by atoms with E-state index in [0.717, 1.165) is 4.31 Å². The average Bonchev–Trinajstić information content (AvgIpc) is 3.19. The van der Waals surface area contributed by atoms with Gasteiger partial charge in [0.15, 0.2) is 5.76 Å². The average molecular weight is 366 g/mol. The molecule has 134 valence electrons. The first kappa shape index (κ1) is 17.5. The molecule has 0 radical (unpaired) electrons. The van der Waals surface area contributed by atoms with Crippen LogP contribution in [0.5, 0.6) is 0 Å². The summed E-state index contributed by atoms with van der Waals surface area (Å²) < 4.78 is 42.2. The fourth-order valence-corrected chi connectivity index (χ4v) is 3.55. The van der Waals surface area contributed by atoms with Crippen LogP contribution in [0.15, 0.2) is 19.8 Å². The predicted molar refractivity (Wildman–Crippen MR) is 87.6 cm³/mol. The van der Waals surface area contributed by atoms with Crippen LogP contribution >= 0.6 is 0 Å². The summed E-state index contributed by atoms with van der Waals surface area (Å²) in [6.45, 7) is 3.79. The van der Waals surface area contributed by atoms with E-state index in [-0.39, 0.29) is 28.0 Å². The molecule has 1 saturated heterocycles. The molecule has 0 N–H and O–H groups in total. The topological polar surface area (TPSA) is 113 Å². The Bertz CT molecular complexity index is 916. The summed E-state index contributed by atoms with van der Waals surface area (Å²) in [7, 11) is -0.763. The third-order valence-electron chi connectivity index (χ3n) is 3.86. The number of anilines is 1. The number of aromatic nitrogens is 1. The first-order chi connectivity index (χ1) is 11.8. The molecule has 25 heavy (non-hydrogen) atoms. The number of rotatable bonds is 4. The van der Waals surface area contributed by atoms with Gasteiger partial charge in [0.05, 0.1) is 13.2 Å². The second-order valence-corrected chi connectivity index (χ2v) is 7.82. The fraction of sp³-hybridized carbons (Fsp3) is 0.467. The maximum Gasteiger partial charge on any atom is 0.266 e. The van der Waals surface area contributed by atoms with Gasteiger partial charge in [-0.1, -0.05) is 0 Å². The molecule has 9 nitrogen and oxygen atoms in total. The summed E-state index contributed by atoms with van der Waals surface area (Å²) in [5.74, 6) is 0.801. The zero-order valence-electron chi connectivity index (χ0n) is 14.1. The molecular weight excluding hydrogens is 348 g/mol. The molecule has 0 saturated carbocycles. The summed E-state index contributed by atoms with van der Waals surface area (Å²) in [6, 6.07) is 3.36. The lowest BCUT2D eigenvalue weighted by atomic mass is 10.4. The Morgan fingerprint density at radius 3 is 2.56 bits per heavy atom. The number of nitriles is 1.